The minimum absolute atomic E-state index is 0.476. The molecule has 0 saturated carbocycles. The molecular formula is C13H10ClNO. The smallest absolute Gasteiger partial charge is 0.151 e. The van der Waals surface area contributed by atoms with Gasteiger partial charge < -0.3 is 0 Å². The van der Waals surface area contributed by atoms with E-state index in [1.165, 1.54) is 0 Å². The van der Waals surface area contributed by atoms with Crippen molar-refractivity contribution in [1.82, 2.24) is 4.98 Å². The predicted octanol–water partition coefficient (Wildman–Crippen LogP) is 3.52. The van der Waals surface area contributed by atoms with Crippen LogP contribution >= 0.6 is 11.6 Å². The second-order valence-corrected chi connectivity index (χ2v) is 3.95. The number of rotatable bonds is 2. The molecule has 16 heavy (non-hydrogen) atoms. The van der Waals surface area contributed by atoms with E-state index < -0.39 is 0 Å². The van der Waals surface area contributed by atoms with Gasteiger partial charge >= 0.3 is 0 Å². The van der Waals surface area contributed by atoms with Crippen molar-refractivity contribution in [3.63, 3.8) is 0 Å². The van der Waals surface area contributed by atoms with E-state index in [0.29, 0.717) is 10.6 Å². The lowest BCUT2D eigenvalue weighted by Gasteiger charge is -2.04. The molecule has 80 valence electrons. The van der Waals surface area contributed by atoms with Gasteiger partial charge in [0.05, 0.1) is 5.02 Å². The Morgan fingerprint density at radius 2 is 1.94 bits per heavy atom. The van der Waals surface area contributed by atoms with E-state index in [1.54, 1.807) is 18.3 Å². The zero-order valence-corrected chi connectivity index (χ0v) is 9.53. The lowest BCUT2D eigenvalue weighted by Crippen LogP contribution is -1.86. The Morgan fingerprint density at radius 3 is 2.62 bits per heavy atom. The number of hydrogen-bond donors (Lipinski definition) is 0. The number of halogens is 1. The summed E-state index contributed by atoms with van der Waals surface area (Å²) < 4.78 is 0. The Balaban J connectivity index is 2.52. The van der Waals surface area contributed by atoms with Crippen LogP contribution < -0.4 is 0 Å². The van der Waals surface area contributed by atoms with E-state index in [2.05, 4.69) is 4.98 Å². The van der Waals surface area contributed by atoms with E-state index >= 15 is 0 Å². The molecule has 1 aromatic carbocycles. The SMILES string of the molecule is Cc1cc(-c2ccc(Cl)c(C=O)c2)ccn1. The van der Waals surface area contributed by atoms with Crippen LogP contribution in [0.4, 0.5) is 0 Å². The van der Waals surface area contributed by atoms with Gasteiger partial charge in [-0.15, -0.1) is 0 Å². The summed E-state index contributed by atoms with van der Waals surface area (Å²) >= 11 is 5.87. The third-order valence-corrected chi connectivity index (χ3v) is 2.70. The lowest BCUT2D eigenvalue weighted by atomic mass is 10.0. The Bertz CT molecular complexity index is 537. The zero-order chi connectivity index (χ0) is 11.5. The summed E-state index contributed by atoms with van der Waals surface area (Å²) in [6, 6.07) is 9.28. The van der Waals surface area contributed by atoms with Crippen LogP contribution in [0.1, 0.15) is 16.1 Å². The zero-order valence-electron chi connectivity index (χ0n) is 8.77. The topological polar surface area (TPSA) is 30.0 Å². The van der Waals surface area contributed by atoms with Crippen LogP contribution in [0.15, 0.2) is 36.5 Å². The molecule has 0 aliphatic rings. The van der Waals surface area contributed by atoms with Gasteiger partial charge in [-0.05, 0) is 42.3 Å². The van der Waals surface area contributed by atoms with Crippen molar-refractivity contribution in [3.05, 3.63) is 52.8 Å². The number of aryl methyl sites for hydroxylation is 1. The van der Waals surface area contributed by atoms with Crippen molar-refractivity contribution >= 4 is 17.9 Å². The second-order valence-electron chi connectivity index (χ2n) is 3.54. The highest BCUT2D eigenvalue weighted by atomic mass is 35.5. The van der Waals surface area contributed by atoms with E-state index in [4.69, 9.17) is 11.6 Å². The molecule has 0 fully saturated rings. The van der Waals surface area contributed by atoms with Crippen LogP contribution in [0, 0.1) is 6.92 Å². The van der Waals surface area contributed by atoms with Crippen molar-refractivity contribution in [2.24, 2.45) is 0 Å². The maximum Gasteiger partial charge on any atom is 0.151 e. The third kappa shape index (κ3) is 2.12. The fourth-order valence-electron chi connectivity index (χ4n) is 1.54. The average molecular weight is 232 g/mol. The normalized spacial score (nSPS) is 10.1. The summed E-state index contributed by atoms with van der Waals surface area (Å²) in [7, 11) is 0. The van der Waals surface area contributed by atoms with Gasteiger partial charge in [0.25, 0.3) is 0 Å². The molecule has 1 heterocycles. The monoisotopic (exact) mass is 231 g/mol. The van der Waals surface area contributed by atoms with Crippen LogP contribution in [0.3, 0.4) is 0 Å². The summed E-state index contributed by atoms with van der Waals surface area (Å²) in [4.78, 5) is 14.9. The van der Waals surface area contributed by atoms with Gasteiger partial charge in [-0.3, -0.25) is 9.78 Å². The van der Waals surface area contributed by atoms with Crippen molar-refractivity contribution in [3.8, 4) is 11.1 Å². The van der Waals surface area contributed by atoms with Gasteiger partial charge in [0.15, 0.2) is 6.29 Å². The first-order chi connectivity index (χ1) is 7.70. The first kappa shape index (κ1) is 10.8. The molecule has 0 unspecified atom stereocenters. The number of hydrogen-bond acceptors (Lipinski definition) is 2. The minimum Gasteiger partial charge on any atom is -0.298 e. The standard InChI is InChI=1S/C13H10ClNO/c1-9-6-11(4-5-15-9)10-2-3-13(14)12(7-10)8-16/h2-8H,1H3. The molecule has 0 amide bonds. The minimum atomic E-state index is 0.476. The van der Waals surface area contributed by atoms with Crippen molar-refractivity contribution in [2.75, 3.05) is 0 Å². The van der Waals surface area contributed by atoms with E-state index in [1.807, 2.05) is 25.1 Å². The van der Waals surface area contributed by atoms with Gasteiger partial charge in [0.1, 0.15) is 0 Å². The van der Waals surface area contributed by atoms with Gasteiger partial charge in [-0.25, -0.2) is 0 Å². The molecule has 1 aromatic heterocycles. The second kappa shape index (κ2) is 4.45. The molecule has 0 aliphatic heterocycles. The maximum atomic E-state index is 10.8. The van der Waals surface area contributed by atoms with Gasteiger partial charge in [-0.2, -0.15) is 0 Å². The number of pyridine rings is 1. The fourth-order valence-corrected chi connectivity index (χ4v) is 1.70. The maximum absolute atomic E-state index is 10.8. The van der Waals surface area contributed by atoms with Crippen LogP contribution in [0.2, 0.25) is 5.02 Å². The van der Waals surface area contributed by atoms with Crippen molar-refractivity contribution < 1.29 is 4.79 Å². The summed E-state index contributed by atoms with van der Waals surface area (Å²) in [5.41, 5.74) is 3.46. The Labute approximate surface area is 98.9 Å². The van der Waals surface area contributed by atoms with Crippen LogP contribution in [-0.4, -0.2) is 11.3 Å². The number of carbonyl (C=O) groups is 1. The van der Waals surface area contributed by atoms with E-state index in [0.717, 1.165) is 23.1 Å². The number of carbonyl (C=O) groups excluding carboxylic acids is 1. The highest BCUT2D eigenvalue weighted by Crippen LogP contribution is 2.24. The molecule has 0 N–H and O–H groups in total. The molecule has 0 atom stereocenters. The Kier molecular flexibility index (Phi) is 3.02. The van der Waals surface area contributed by atoms with Crippen LogP contribution in [0.25, 0.3) is 11.1 Å². The van der Waals surface area contributed by atoms with Gasteiger partial charge in [0, 0.05) is 17.5 Å². The summed E-state index contributed by atoms with van der Waals surface area (Å²) in [6.07, 6.45) is 2.51. The number of aldehydes is 1. The first-order valence-corrected chi connectivity index (χ1v) is 5.26. The van der Waals surface area contributed by atoms with Crippen LogP contribution in [-0.2, 0) is 0 Å². The average Bonchev–Trinajstić information content (AvgIpc) is 2.29. The number of benzene rings is 1. The predicted molar refractivity (Wildman–Crippen MR) is 64.8 cm³/mol. The molecule has 2 aromatic rings. The summed E-state index contributed by atoms with van der Waals surface area (Å²) in [5.74, 6) is 0. The molecule has 0 bridgehead atoms. The quantitative estimate of drug-likeness (QED) is 0.741. The lowest BCUT2D eigenvalue weighted by molar-refractivity contribution is 0.112. The molecule has 3 heteroatoms. The van der Waals surface area contributed by atoms with Crippen LogP contribution in [0.5, 0.6) is 0 Å². The Hall–Kier alpha value is -1.67. The largest absolute Gasteiger partial charge is 0.298 e. The van der Waals surface area contributed by atoms with Crippen molar-refractivity contribution in [2.45, 2.75) is 6.92 Å². The molecule has 0 saturated heterocycles. The third-order valence-electron chi connectivity index (χ3n) is 2.35. The van der Waals surface area contributed by atoms with Gasteiger partial charge in [0.2, 0.25) is 0 Å². The molecule has 2 rings (SSSR count). The van der Waals surface area contributed by atoms with Crippen molar-refractivity contribution in [1.29, 1.82) is 0 Å². The van der Waals surface area contributed by atoms with E-state index in [9.17, 15) is 4.79 Å². The van der Waals surface area contributed by atoms with E-state index in [-0.39, 0.29) is 0 Å². The molecular weight excluding hydrogens is 222 g/mol. The highest BCUT2D eigenvalue weighted by Gasteiger charge is 2.03. The fraction of sp³-hybridized carbons (Fsp3) is 0.0769. The first-order valence-electron chi connectivity index (χ1n) is 4.88. The molecule has 0 spiro atoms. The molecule has 0 radical (unpaired) electrons. The number of nitrogens with zero attached hydrogens (tertiary/aromatic N) is 1. The molecule has 0 aliphatic carbocycles. The summed E-state index contributed by atoms with van der Waals surface area (Å²) in [5, 5.41) is 0.476. The van der Waals surface area contributed by atoms with Gasteiger partial charge in [-0.1, -0.05) is 17.7 Å². The molecule has 2 nitrogen and oxygen atoms in total. The summed E-state index contributed by atoms with van der Waals surface area (Å²) in [6.45, 7) is 1.93. The highest BCUT2D eigenvalue weighted by molar-refractivity contribution is 6.33. The Morgan fingerprint density at radius 1 is 1.19 bits per heavy atom. The number of aromatic nitrogens is 1.